The van der Waals surface area contributed by atoms with E-state index >= 15 is 0 Å². The molecule has 0 aromatic heterocycles. The van der Waals surface area contributed by atoms with Crippen LogP contribution in [0.15, 0.2) is 48.5 Å². The van der Waals surface area contributed by atoms with E-state index in [4.69, 9.17) is 14.7 Å². The summed E-state index contributed by atoms with van der Waals surface area (Å²) >= 11 is 0. The van der Waals surface area contributed by atoms with E-state index in [2.05, 4.69) is 17.4 Å². The second-order valence-corrected chi connectivity index (χ2v) is 8.07. The number of nitrogens with zero attached hydrogens (tertiary/aromatic N) is 1. The van der Waals surface area contributed by atoms with Crippen LogP contribution in [0.4, 0.5) is 4.79 Å². The molecule has 0 fully saturated rings. The van der Waals surface area contributed by atoms with E-state index in [0.717, 1.165) is 27.3 Å². The summed E-state index contributed by atoms with van der Waals surface area (Å²) in [6.45, 7) is 2.91. The number of benzene rings is 2. The zero-order valence-electron chi connectivity index (χ0n) is 17.8. The summed E-state index contributed by atoms with van der Waals surface area (Å²) in [7, 11) is 1.33. The summed E-state index contributed by atoms with van der Waals surface area (Å²) in [6.07, 6.45) is -0.721. The first-order chi connectivity index (χ1) is 14.7. The Morgan fingerprint density at radius 3 is 2.13 bits per heavy atom. The zero-order valence-corrected chi connectivity index (χ0v) is 17.8. The van der Waals surface area contributed by atoms with Gasteiger partial charge >= 0.3 is 12.1 Å². The minimum atomic E-state index is -1.18. The number of carbonyl (C=O) groups is 3. The third kappa shape index (κ3) is 5.40. The van der Waals surface area contributed by atoms with Crippen LogP contribution in [0.3, 0.4) is 0 Å². The van der Waals surface area contributed by atoms with Gasteiger partial charge in [-0.25, -0.2) is 14.7 Å². The quantitative estimate of drug-likeness (QED) is 0.628. The summed E-state index contributed by atoms with van der Waals surface area (Å²) in [5.74, 6) is -1.71. The Morgan fingerprint density at radius 1 is 1.03 bits per heavy atom. The summed E-state index contributed by atoms with van der Waals surface area (Å²) < 4.78 is 5.51. The van der Waals surface area contributed by atoms with Crippen LogP contribution in [-0.2, 0) is 19.2 Å². The average molecular weight is 426 g/mol. The lowest BCUT2D eigenvalue weighted by atomic mass is 9.98. The summed E-state index contributed by atoms with van der Waals surface area (Å²) in [5.41, 5.74) is 3.59. The van der Waals surface area contributed by atoms with Crippen LogP contribution in [0.2, 0.25) is 0 Å². The van der Waals surface area contributed by atoms with Crippen LogP contribution >= 0.6 is 0 Å². The van der Waals surface area contributed by atoms with Crippen molar-refractivity contribution in [1.29, 1.82) is 0 Å². The van der Waals surface area contributed by atoms with Crippen LogP contribution in [0.25, 0.3) is 11.1 Å². The first kappa shape index (κ1) is 22.3. The van der Waals surface area contributed by atoms with Crippen molar-refractivity contribution in [3.05, 3.63) is 59.7 Å². The second kappa shape index (κ2) is 9.18. The monoisotopic (exact) mass is 426 g/mol. The highest BCUT2D eigenvalue weighted by atomic mass is 16.7. The Kier molecular flexibility index (Phi) is 6.60. The molecule has 0 atom stereocenters. The first-order valence-corrected chi connectivity index (χ1v) is 9.92. The molecule has 2 aromatic rings. The van der Waals surface area contributed by atoms with E-state index < -0.39 is 30.1 Å². The van der Waals surface area contributed by atoms with Gasteiger partial charge in [0.2, 0.25) is 5.91 Å². The van der Waals surface area contributed by atoms with Crippen molar-refractivity contribution in [2.45, 2.75) is 31.7 Å². The van der Waals surface area contributed by atoms with Gasteiger partial charge in [-0.2, -0.15) is 0 Å². The molecule has 0 saturated heterocycles. The molecule has 0 radical (unpaired) electrons. The van der Waals surface area contributed by atoms with Crippen molar-refractivity contribution >= 4 is 18.0 Å². The third-order valence-corrected chi connectivity index (χ3v) is 5.11. The standard InChI is InChI=1S/C23H26N2O6/c1-23(2,12-20(26)25(3)31-14-21(27)28)24-22(29)30-13-19-17-10-6-4-8-15(17)16-9-5-7-11-18(16)19/h4-11,19H,12-14H2,1-3H3,(H,24,29)(H,27,28). The number of rotatable bonds is 8. The van der Waals surface area contributed by atoms with Gasteiger partial charge in [-0.15, -0.1) is 0 Å². The van der Waals surface area contributed by atoms with Gasteiger partial charge in [-0.05, 0) is 36.1 Å². The van der Waals surface area contributed by atoms with Crippen LogP contribution < -0.4 is 5.32 Å². The molecule has 8 nitrogen and oxygen atoms in total. The van der Waals surface area contributed by atoms with Crippen molar-refractivity contribution in [2.24, 2.45) is 0 Å². The number of nitrogens with one attached hydrogen (secondary N) is 1. The van der Waals surface area contributed by atoms with Crippen molar-refractivity contribution in [3.8, 4) is 11.1 Å². The van der Waals surface area contributed by atoms with Crippen molar-refractivity contribution in [1.82, 2.24) is 10.4 Å². The highest BCUT2D eigenvalue weighted by Gasteiger charge is 2.31. The van der Waals surface area contributed by atoms with E-state index in [0.29, 0.717) is 0 Å². The van der Waals surface area contributed by atoms with Crippen LogP contribution in [0.5, 0.6) is 0 Å². The largest absolute Gasteiger partial charge is 0.479 e. The molecule has 2 N–H and O–H groups in total. The SMILES string of the molecule is CN(OCC(=O)O)C(=O)CC(C)(C)NC(=O)OCC1c2ccccc2-c2ccccc21. The van der Waals surface area contributed by atoms with Crippen molar-refractivity contribution in [2.75, 3.05) is 20.3 Å². The number of carboxylic acids is 1. The van der Waals surface area contributed by atoms with E-state index in [9.17, 15) is 14.4 Å². The lowest BCUT2D eigenvalue weighted by Crippen LogP contribution is -2.47. The number of hydrogen-bond donors (Lipinski definition) is 2. The second-order valence-electron chi connectivity index (χ2n) is 8.07. The number of amides is 2. The highest BCUT2D eigenvalue weighted by molar-refractivity contribution is 5.80. The maximum atomic E-state index is 12.4. The van der Waals surface area contributed by atoms with Gasteiger partial charge in [-0.1, -0.05) is 48.5 Å². The molecule has 0 unspecified atom stereocenters. The van der Waals surface area contributed by atoms with Crippen molar-refractivity contribution in [3.63, 3.8) is 0 Å². The normalized spacial score (nSPS) is 12.6. The molecule has 2 amide bonds. The average Bonchev–Trinajstić information content (AvgIpc) is 3.03. The third-order valence-electron chi connectivity index (χ3n) is 5.11. The summed E-state index contributed by atoms with van der Waals surface area (Å²) in [4.78, 5) is 40.0. The minimum absolute atomic E-state index is 0.0570. The van der Waals surface area contributed by atoms with Crippen LogP contribution in [-0.4, -0.2) is 53.9 Å². The molecule has 31 heavy (non-hydrogen) atoms. The molecule has 0 bridgehead atoms. The lowest BCUT2D eigenvalue weighted by molar-refractivity contribution is -0.186. The lowest BCUT2D eigenvalue weighted by Gasteiger charge is -2.27. The van der Waals surface area contributed by atoms with Gasteiger partial charge in [0, 0.05) is 18.5 Å². The predicted molar refractivity (Wildman–Crippen MR) is 113 cm³/mol. The summed E-state index contributed by atoms with van der Waals surface area (Å²) in [5, 5.41) is 12.2. The topological polar surface area (TPSA) is 105 Å². The predicted octanol–water partition coefficient (Wildman–Crippen LogP) is 3.17. The van der Waals surface area contributed by atoms with Crippen molar-refractivity contribution < 1.29 is 29.1 Å². The molecule has 1 aliphatic carbocycles. The molecule has 0 spiro atoms. The molecule has 1 aliphatic rings. The Balaban J connectivity index is 1.57. The van der Waals surface area contributed by atoms with Gasteiger partial charge < -0.3 is 15.2 Å². The molecule has 164 valence electrons. The fourth-order valence-electron chi connectivity index (χ4n) is 3.67. The van der Waals surface area contributed by atoms with Gasteiger partial charge in [0.15, 0.2) is 6.61 Å². The van der Waals surface area contributed by atoms with Gasteiger partial charge in [0.25, 0.3) is 0 Å². The molecular formula is C23H26N2O6. The molecule has 8 heteroatoms. The van der Waals surface area contributed by atoms with E-state index in [-0.39, 0.29) is 18.9 Å². The maximum Gasteiger partial charge on any atom is 0.407 e. The van der Waals surface area contributed by atoms with Crippen LogP contribution in [0.1, 0.15) is 37.3 Å². The van der Waals surface area contributed by atoms with E-state index in [1.807, 2.05) is 36.4 Å². The number of ether oxygens (including phenoxy) is 1. The van der Waals surface area contributed by atoms with Gasteiger partial charge in [-0.3, -0.25) is 9.63 Å². The zero-order chi connectivity index (χ0) is 22.6. The Bertz CT molecular complexity index is 942. The Hall–Kier alpha value is -3.39. The number of aliphatic carboxylic acids is 1. The Morgan fingerprint density at radius 2 is 1.58 bits per heavy atom. The minimum Gasteiger partial charge on any atom is -0.479 e. The Labute approximate surface area is 180 Å². The molecule has 0 saturated carbocycles. The molecule has 3 rings (SSSR count). The first-order valence-electron chi connectivity index (χ1n) is 9.92. The molecular weight excluding hydrogens is 400 g/mol. The number of carbonyl (C=O) groups excluding carboxylic acids is 2. The van der Waals surface area contributed by atoms with Crippen LogP contribution in [0, 0.1) is 0 Å². The summed E-state index contributed by atoms with van der Waals surface area (Å²) in [6, 6.07) is 16.1. The fourth-order valence-corrected chi connectivity index (χ4v) is 3.67. The number of carboxylic acid groups (broad SMARTS) is 1. The van der Waals surface area contributed by atoms with Gasteiger partial charge in [0.05, 0.1) is 6.42 Å². The molecule has 2 aromatic carbocycles. The smallest absolute Gasteiger partial charge is 0.407 e. The fraction of sp³-hybridized carbons (Fsp3) is 0.348. The number of fused-ring (bicyclic) bond motifs is 3. The molecule has 0 aliphatic heterocycles. The number of hydroxylamine groups is 2. The molecule has 0 heterocycles. The van der Waals surface area contributed by atoms with E-state index in [1.165, 1.54) is 7.05 Å². The highest BCUT2D eigenvalue weighted by Crippen LogP contribution is 2.44. The number of alkyl carbamates (subject to hydrolysis) is 1. The maximum absolute atomic E-state index is 12.4. The van der Waals surface area contributed by atoms with E-state index in [1.54, 1.807) is 13.8 Å². The van der Waals surface area contributed by atoms with Gasteiger partial charge in [0.1, 0.15) is 6.61 Å². The number of hydrogen-bond acceptors (Lipinski definition) is 5.